The van der Waals surface area contributed by atoms with Crippen molar-refractivity contribution in [3.8, 4) is 11.8 Å². The number of rotatable bonds is 8. The molecule has 4 nitrogen and oxygen atoms in total. The Kier molecular flexibility index (Phi) is 7.27. The van der Waals surface area contributed by atoms with Crippen LogP contribution >= 0.6 is 0 Å². The molecular weight excluding hydrogens is 312 g/mol. The molecule has 0 unspecified atom stereocenters. The van der Waals surface area contributed by atoms with Crippen molar-refractivity contribution in [3.05, 3.63) is 71.3 Å². The van der Waals surface area contributed by atoms with Gasteiger partial charge in [-0.15, -0.1) is 0 Å². The average molecular weight is 334 g/mol. The number of ether oxygens (including phenoxy) is 1. The Labute approximate surface area is 148 Å². The molecule has 0 saturated heterocycles. The predicted octanol–water partition coefficient (Wildman–Crippen LogP) is 3.74. The SMILES string of the molecule is CCOc1ccccc1/C=C(/C#N)C(=O)NCCCc1ccccc1. The zero-order valence-corrected chi connectivity index (χ0v) is 14.4. The largest absolute Gasteiger partial charge is 0.493 e. The first-order valence-corrected chi connectivity index (χ1v) is 8.40. The average Bonchev–Trinajstić information content (AvgIpc) is 2.65. The number of benzene rings is 2. The molecule has 4 heteroatoms. The number of nitrogens with zero attached hydrogens (tertiary/aromatic N) is 1. The molecule has 0 aliphatic carbocycles. The van der Waals surface area contributed by atoms with Crippen LogP contribution in [-0.4, -0.2) is 19.1 Å². The monoisotopic (exact) mass is 334 g/mol. The van der Waals surface area contributed by atoms with Crippen LogP contribution in [0.25, 0.3) is 6.08 Å². The number of hydrogen-bond acceptors (Lipinski definition) is 3. The summed E-state index contributed by atoms with van der Waals surface area (Å²) in [5, 5.41) is 12.1. The van der Waals surface area contributed by atoms with Gasteiger partial charge in [-0.05, 0) is 37.5 Å². The van der Waals surface area contributed by atoms with Crippen molar-refractivity contribution < 1.29 is 9.53 Å². The highest BCUT2D eigenvalue weighted by Crippen LogP contribution is 2.20. The first-order chi connectivity index (χ1) is 12.2. The topological polar surface area (TPSA) is 62.1 Å². The maximum atomic E-state index is 12.2. The molecule has 0 atom stereocenters. The third kappa shape index (κ3) is 5.82. The van der Waals surface area contributed by atoms with E-state index in [4.69, 9.17) is 4.74 Å². The molecule has 0 aliphatic heterocycles. The quantitative estimate of drug-likeness (QED) is 0.454. The summed E-state index contributed by atoms with van der Waals surface area (Å²) >= 11 is 0. The van der Waals surface area contributed by atoms with Crippen LogP contribution in [0.4, 0.5) is 0 Å². The molecule has 2 rings (SSSR count). The van der Waals surface area contributed by atoms with E-state index in [-0.39, 0.29) is 11.5 Å². The van der Waals surface area contributed by atoms with Crippen LogP contribution in [0.2, 0.25) is 0 Å². The molecule has 0 bridgehead atoms. The van der Waals surface area contributed by atoms with E-state index in [2.05, 4.69) is 17.4 Å². The highest BCUT2D eigenvalue weighted by Gasteiger charge is 2.10. The Balaban J connectivity index is 1.93. The number of hydrogen-bond donors (Lipinski definition) is 1. The Morgan fingerprint density at radius 1 is 1.16 bits per heavy atom. The van der Waals surface area contributed by atoms with Crippen LogP contribution in [0.1, 0.15) is 24.5 Å². The molecule has 0 fully saturated rings. The van der Waals surface area contributed by atoms with Gasteiger partial charge in [0.05, 0.1) is 6.61 Å². The van der Waals surface area contributed by atoms with Crippen LogP contribution in [0.15, 0.2) is 60.2 Å². The fraction of sp³-hybridized carbons (Fsp3) is 0.238. The van der Waals surface area contributed by atoms with E-state index < -0.39 is 0 Å². The van der Waals surface area contributed by atoms with Crippen molar-refractivity contribution in [1.29, 1.82) is 5.26 Å². The maximum Gasteiger partial charge on any atom is 0.261 e. The molecule has 1 N–H and O–H groups in total. The first-order valence-electron chi connectivity index (χ1n) is 8.40. The van der Waals surface area contributed by atoms with Crippen molar-refractivity contribution in [2.24, 2.45) is 0 Å². The molecule has 0 aliphatic rings. The molecule has 128 valence electrons. The lowest BCUT2D eigenvalue weighted by molar-refractivity contribution is -0.117. The Morgan fingerprint density at radius 3 is 2.60 bits per heavy atom. The number of amides is 1. The van der Waals surface area contributed by atoms with Crippen molar-refractivity contribution >= 4 is 12.0 Å². The van der Waals surface area contributed by atoms with Gasteiger partial charge in [-0.25, -0.2) is 0 Å². The Hall–Kier alpha value is -3.06. The number of nitriles is 1. The van der Waals surface area contributed by atoms with Gasteiger partial charge in [0.1, 0.15) is 17.4 Å². The van der Waals surface area contributed by atoms with Gasteiger partial charge in [0.25, 0.3) is 5.91 Å². The van der Waals surface area contributed by atoms with Gasteiger partial charge in [0, 0.05) is 12.1 Å². The second kappa shape index (κ2) is 9.94. The summed E-state index contributed by atoms with van der Waals surface area (Å²) in [5.41, 5.74) is 2.03. The van der Waals surface area contributed by atoms with E-state index in [1.54, 1.807) is 6.08 Å². The summed E-state index contributed by atoms with van der Waals surface area (Å²) < 4.78 is 5.52. The van der Waals surface area contributed by atoms with Gasteiger partial charge in [-0.3, -0.25) is 4.79 Å². The molecule has 0 spiro atoms. The predicted molar refractivity (Wildman–Crippen MR) is 99.0 cm³/mol. The lowest BCUT2D eigenvalue weighted by Gasteiger charge is -2.08. The van der Waals surface area contributed by atoms with E-state index in [1.807, 2.05) is 55.5 Å². The minimum Gasteiger partial charge on any atom is -0.493 e. The van der Waals surface area contributed by atoms with E-state index in [1.165, 1.54) is 5.56 Å². The van der Waals surface area contributed by atoms with Gasteiger partial charge >= 0.3 is 0 Å². The maximum absolute atomic E-state index is 12.2. The third-order valence-electron chi connectivity index (χ3n) is 3.65. The summed E-state index contributed by atoms with van der Waals surface area (Å²) in [6, 6.07) is 19.4. The van der Waals surface area contributed by atoms with E-state index >= 15 is 0 Å². The van der Waals surface area contributed by atoms with Crippen LogP contribution < -0.4 is 10.1 Å². The first kappa shape index (κ1) is 18.3. The minimum atomic E-state index is -0.359. The molecule has 0 saturated carbocycles. The van der Waals surface area contributed by atoms with Crippen LogP contribution in [0.3, 0.4) is 0 Å². The van der Waals surface area contributed by atoms with E-state index in [0.29, 0.717) is 18.9 Å². The standard InChI is InChI=1S/C21H22N2O2/c1-2-25-20-13-7-6-12-18(20)15-19(16-22)21(24)23-14-8-11-17-9-4-3-5-10-17/h3-7,9-10,12-13,15H,2,8,11,14H2,1H3,(H,23,24)/b19-15-. The number of aryl methyl sites for hydroxylation is 1. The molecule has 2 aromatic rings. The van der Waals surface area contributed by atoms with E-state index in [9.17, 15) is 10.1 Å². The van der Waals surface area contributed by atoms with Gasteiger partial charge in [-0.2, -0.15) is 5.26 Å². The van der Waals surface area contributed by atoms with Crippen LogP contribution in [0.5, 0.6) is 5.75 Å². The number of nitrogens with one attached hydrogen (secondary N) is 1. The second-order valence-electron chi connectivity index (χ2n) is 5.49. The summed E-state index contributed by atoms with van der Waals surface area (Å²) in [6.07, 6.45) is 3.28. The number of carbonyl (C=O) groups excluding carboxylic acids is 1. The fourth-order valence-corrected chi connectivity index (χ4v) is 2.43. The molecule has 2 aromatic carbocycles. The highest BCUT2D eigenvalue weighted by molar-refractivity contribution is 6.01. The van der Waals surface area contributed by atoms with Crippen molar-refractivity contribution in [1.82, 2.24) is 5.32 Å². The molecule has 1 amide bonds. The van der Waals surface area contributed by atoms with Gasteiger partial charge in [-0.1, -0.05) is 48.5 Å². The van der Waals surface area contributed by atoms with E-state index in [0.717, 1.165) is 18.4 Å². The summed E-state index contributed by atoms with van der Waals surface area (Å²) in [6.45, 7) is 2.95. The minimum absolute atomic E-state index is 0.0758. The van der Waals surface area contributed by atoms with Crippen LogP contribution in [-0.2, 0) is 11.2 Å². The number of para-hydroxylation sites is 1. The van der Waals surface area contributed by atoms with Gasteiger partial charge in [0.2, 0.25) is 0 Å². The summed E-state index contributed by atoms with van der Waals surface area (Å²) in [4.78, 5) is 12.2. The molecular formula is C21H22N2O2. The third-order valence-corrected chi connectivity index (χ3v) is 3.65. The molecule has 0 aromatic heterocycles. The lowest BCUT2D eigenvalue weighted by Crippen LogP contribution is -2.25. The normalized spacial score (nSPS) is 10.8. The number of carbonyl (C=O) groups is 1. The smallest absolute Gasteiger partial charge is 0.261 e. The highest BCUT2D eigenvalue weighted by atomic mass is 16.5. The summed E-state index contributed by atoms with van der Waals surface area (Å²) in [7, 11) is 0. The second-order valence-corrected chi connectivity index (χ2v) is 5.49. The Morgan fingerprint density at radius 2 is 1.88 bits per heavy atom. The van der Waals surface area contributed by atoms with Crippen molar-refractivity contribution in [2.75, 3.05) is 13.2 Å². The molecule has 0 heterocycles. The summed E-state index contributed by atoms with van der Waals surface area (Å²) in [5.74, 6) is 0.302. The van der Waals surface area contributed by atoms with Crippen LogP contribution in [0, 0.1) is 11.3 Å². The molecule has 0 radical (unpaired) electrons. The van der Waals surface area contributed by atoms with Gasteiger partial charge < -0.3 is 10.1 Å². The van der Waals surface area contributed by atoms with Crippen molar-refractivity contribution in [2.45, 2.75) is 19.8 Å². The molecule has 25 heavy (non-hydrogen) atoms. The Bertz CT molecular complexity index is 761. The lowest BCUT2D eigenvalue weighted by atomic mass is 10.1. The zero-order valence-electron chi connectivity index (χ0n) is 14.4. The zero-order chi connectivity index (χ0) is 17.9. The van der Waals surface area contributed by atoms with Crippen molar-refractivity contribution in [3.63, 3.8) is 0 Å². The van der Waals surface area contributed by atoms with Gasteiger partial charge in [0.15, 0.2) is 0 Å². The fourth-order valence-electron chi connectivity index (χ4n) is 2.43.